The van der Waals surface area contributed by atoms with Gasteiger partial charge in [-0.25, -0.2) is 0 Å². The molecular weight excluding hydrogens is 380 g/mol. The first-order valence-corrected chi connectivity index (χ1v) is 17.0. The monoisotopic (exact) mass is 418 g/mol. The molecule has 0 amide bonds. The van der Waals surface area contributed by atoms with Crippen LogP contribution < -0.4 is 15.6 Å². The maximum absolute atomic E-state index is 2.60. The Morgan fingerprint density at radius 3 is 1.76 bits per heavy atom. The summed E-state index contributed by atoms with van der Waals surface area (Å²) in [5.41, 5.74) is 7.39. The zero-order chi connectivity index (χ0) is 21.7. The predicted molar refractivity (Wildman–Crippen MR) is 136 cm³/mol. The molecule has 0 heterocycles. The lowest BCUT2D eigenvalue weighted by atomic mass is 10.1. The van der Waals surface area contributed by atoms with Crippen molar-refractivity contribution in [2.75, 3.05) is 0 Å². The van der Waals surface area contributed by atoms with Crippen LogP contribution in [0.25, 0.3) is 0 Å². The van der Waals surface area contributed by atoms with E-state index >= 15 is 0 Å². The first-order valence-electron chi connectivity index (χ1n) is 11.0. The number of aryl methyl sites for hydroxylation is 2. The highest BCUT2D eigenvalue weighted by Gasteiger charge is 2.43. The standard InChI is InChI=1S/C27H38Si2/c1-18-12-11-13-24(14-18)29(10,27-22(5)20(3)21(4)23(27)6)26-16-19(2)15-25(17-26)28(7,8)9/h11-17,22H,1-10H3. The largest absolute Gasteiger partial charge is 0.142 e. The molecule has 1 aliphatic carbocycles. The fraction of sp³-hybridized carbons (Fsp3) is 0.407. The third-order valence-electron chi connectivity index (χ3n) is 7.30. The molecule has 0 nitrogen and oxygen atoms in total. The summed E-state index contributed by atoms with van der Waals surface area (Å²) in [5, 5.41) is 6.44. The molecule has 2 heteroatoms. The minimum absolute atomic E-state index is 0.531. The summed E-state index contributed by atoms with van der Waals surface area (Å²) < 4.78 is 0. The number of allylic oxidation sites excluding steroid dienone is 4. The lowest BCUT2D eigenvalue weighted by molar-refractivity contribution is 0.850. The van der Waals surface area contributed by atoms with Gasteiger partial charge in [0.25, 0.3) is 0 Å². The Morgan fingerprint density at radius 1 is 0.655 bits per heavy atom. The molecule has 1 aliphatic rings. The molecule has 3 rings (SSSR count). The van der Waals surface area contributed by atoms with Crippen LogP contribution in [0.5, 0.6) is 0 Å². The van der Waals surface area contributed by atoms with Crippen LogP contribution in [-0.2, 0) is 0 Å². The smallest absolute Gasteiger partial charge is 0.0656 e. The summed E-state index contributed by atoms with van der Waals surface area (Å²) in [6, 6.07) is 16.9. The molecule has 0 N–H and O–H groups in total. The van der Waals surface area contributed by atoms with Crippen molar-refractivity contribution in [3.63, 3.8) is 0 Å². The van der Waals surface area contributed by atoms with Crippen molar-refractivity contribution < 1.29 is 0 Å². The van der Waals surface area contributed by atoms with Gasteiger partial charge in [-0.1, -0.05) is 108 Å². The number of benzene rings is 2. The van der Waals surface area contributed by atoms with Gasteiger partial charge in [0.2, 0.25) is 0 Å². The van der Waals surface area contributed by atoms with Crippen LogP contribution in [-0.4, -0.2) is 16.1 Å². The molecular formula is C27H38Si2. The van der Waals surface area contributed by atoms with Gasteiger partial charge >= 0.3 is 0 Å². The molecule has 0 saturated heterocycles. The molecule has 0 radical (unpaired) electrons. The van der Waals surface area contributed by atoms with Crippen LogP contribution in [0.4, 0.5) is 0 Å². The molecule has 0 bridgehead atoms. The van der Waals surface area contributed by atoms with Crippen LogP contribution in [0.2, 0.25) is 26.2 Å². The molecule has 154 valence electrons. The molecule has 29 heavy (non-hydrogen) atoms. The van der Waals surface area contributed by atoms with Gasteiger partial charge < -0.3 is 0 Å². The van der Waals surface area contributed by atoms with Gasteiger partial charge in [0.15, 0.2) is 0 Å². The van der Waals surface area contributed by atoms with Crippen molar-refractivity contribution in [2.24, 2.45) is 5.92 Å². The van der Waals surface area contributed by atoms with E-state index in [1.165, 1.54) is 16.7 Å². The van der Waals surface area contributed by atoms with Crippen LogP contribution >= 0.6 is 0 Å². The quantitative estimate of drug-likeness (QED) is 0.544. The minimum atomic E-state index is -2.09. The van der Waals surface area contributed by atoms with Crippen molar-refractivity contribution in [2.45, 2.75) is 67.7 Å². The van der Waals surface area contributed by atoms with Crippen molar-refractivity contribution in [3.05, 3.63) is 75.5 Å². The van der Waals surface area contributed by atoms with E-state index in [0.717, 1.165) is 0 Å². The lowest BCUT2D eigenvalue weighted by Gasteiger charge is -2.36. The zero-order valence-electron chi connectivity index (χ0n) is 20.1. The normalized spacial score (nSPS) is 19.7. The van der Waals surface area contributed by atoms with Gasteiger partial charge in [-0.3, -0.25) is 0 Å². The topological polar surface area (TPSA) is 0 Å². The van der Waals surface area contributed by atoms with Gasteiger partial charge in [0, 0.05) is 0 Å². The van der Waals surface area contributed by atoms with Crippen molar-refractivity contribution in [1.29, 1.82) is 0 Å². The van der Waals surface area contributed by atoms with E-state index in [1.54, 1.807) is 31.9 Å². The Balaban J connectivity index is 2.37. The van der Waals surface area contributed by atoms with Gasteiger partial charge in [-0.15, -0.1) is 0 Å². The second kappa shape index (κ2) is 7.55. The van der Waals surface area contributed by atoms with Crippen molar-refractivity contribution >= 4 is 31.7 Å². The maximum atomic E-state index is 2.60. The molecule has 0 saturated carbocycles. The fourth-order valence-electron chi connectivity index (χ4n) is 5.11. The van der Waals surface area contributed by atoms with Gasteiger partial charge in [-0.05, 0) is 56.5 Å². The van der Waals surface area contributed by atoms with Crippen molar-refractivity contribution in [1.82, 2.24) is 0 Å². The summed E-state index contributed by atoms with van der Waals surface area (Å²) in [4.78, 5) is 0. The Kier molecular flexibility index (Phi) is 5.74. The Bertz CT molecular complexity index is 1020. The average molecular weight is 419 g/mol. The second-order valence-electron chi connectivity index (χ2n) is 10.4. The summed E-state index contributed by atoms with van der Waals surface area (Å²) in [7, 11) is -3.48. The highest BCUT2D eigenvalue weighted by atomic mass is 28.3. The SMILES string of the molecule is CC1=C(C)C(C)C([Si](C)(c2cccc(C)c2)c2cc(C)cc([Si](C)(C)C)c2)=C1C. The van der Waals surface area contributed by atoms with E-state index in [4.69, 9.17) is 0 Å². The van der Waals surface area contributed by atoms with Crippen LogP contribution in [0.1, 0.15) is 38.8 Å². The van der Waals surface area contributed by atoms with Crippen LogP contribution in [0.3, 0.4) is 0 Å². The molecule has 0 aromatic heterocycles. The highest BCUT2D eigenvalue weighted by Crippen LogP contribution is 2.41. The highest BCUT2D eigenvalue weighted by molar-refractivity contribution is 7.07. The molecule has 2 aromatic rings. The van der Waals surface area contributed by atoms with Crippen LogP contribution in [0.15, 0.2) is 64.4 Å². The third-order valence-corrected chi connectivity index (χ3v) is 14.1. The number of rotatable bonds is 4. The molecule has 0 spiro atoms. The zero-order valence-corrected chi connectivity index (χ0v) is 22.1. The van der Waals surface area contributed by atoms with E-state index in [1.807, 2.05) is 0 Å². The Labute approximate surface area is 180 Å². The minimum Gasteiger partial charge on any atom is -0.0656 e. The molecule has 2 unspecified atom stereocenters. The summed E-state index contributed by atoms with van der Waals surface area (Å²) in [5.74, 6) is 0.531. The summed E-state index contributed by atoms with van der Waals surface area (Å²) in [6.07, 6.45) is 0. The van der Waals surface area contributed by atoms with Crippen LogP contribution in [0, 0.1) is 19.8 Å². The molecule has 2 atom stereocenters. The summed E-state index contributed by atoms with van der Waals surface area (Å²) in [6.45, 7) is 24.0. The number of hydrogen-bond donors (Lipinski definition) is 0. The van der Waals surface area contributed by atoms with E-state index in [0.29, 0.717) is 5.92 Å². The summed E-state index contributed by atoms with van der Waals surface area (Å²) >= 11 is 0. The Hall–Kier alpha value is -1.65. The molecule has 2 aromatic carbocycles. The van der Waals surface area contributed by atoms with E-state index in [9.17, 15) is 0 Å². The Morgan fingerprint density at radius 2 is 1.24 bits per heavy atom. The first kappa shape index (κ1) is 22.0. The predicted octanol–water partition coefficient (Wildman–Crippen LogP) is 5.88. The third kappa shape index (κ3) is 3.77. The van der Waals surface area contributed by atoms with Crippen molar-refractivity contribution in [3.8, 4) is 0 Å². The van der Waals surface area contributed by atoms with E-state index < -0.39 is 16.1 Å². The second-order valence-corrected chi connectivity index (χ2v) is 19.4. The first-order chi connectivity index (χ1) is 13.4. The fourth-order valence-corrected chi connectivity index (χ4v) is 11.4. The molecule has 0 fully saturated rings. The van der Waals surface area contributed by atoms with Gasteiger partial charge in [0.1, 0.15) is 8.07 Å². The lowest BCUT2D eigenvalue weighted by Crippen LogP contribution is -2.60. The van der Waals surface area contributed by atoms with Gasteiger partial charge in [-0.2, -0.15) is 0 Å². The molecule has 0 aliphatic heterocycles. The van der Waals surface area contributed by atoms with E-state index in [-0.39, 0.29) is 0 Å². The van der Waals surface area contributed by atoms with Gasteiger partial charge in [0.05, 0.1) is 8.07 Å². The average Bonchev–Trinajstić information content (AvgIpc) is 2.83. The number of hydrogen-bond acceptors (Lipinski definition) is 0. The van der Waals surface area contributed by atoms with E-state index in [2.05, 4.69) is 110 Å². The maximum Gasteiger partial charge on any atom is 0.142 e.